The summed E-state index contributed by atoms with van der Waals surface area (Å²) in [6.07, 6.45) is 6.71. The van der Waals surface area contributed by atoms with Gasteiger partial charge in [0, 0.05) is 45.7 Å². The van der Waals surface area contributed by atoms with Gasteiger partial charge in [-0.2, -0.15) is 17.7 Å². The van der Waals surface area contributed by atoms with Gasteiger partial charge < -0.3 is 15.4 Å². The van der Waals surface area contributed by atoms with E-state index >= 15 is 0 Å². The number of likely N-dealkylation sites (tertiary alicyclic amines) is 1. The summed E-state index contributed by atoms with van der Waals surface area (Å²) in [7, 11) is 0. The van der Waals surface area contributed by atoms with Crippen LogP contribution in [0.3, 0.4) is 0 Å². The zero-order chi connectivity index (χ0) is 18.7. The molecule has 1 radical (unpaired) electrons. The average Bonchev–Trinajstić information content (AvgIpc) is 2.98. The molecule has 1 saturated carbocycles. The van der Waals surface area contributed by atoms with Crippen LogP contribution in [-0.2, 0) is 48.7 Å². The second-order valence-corrected chi connectivity index (χ2v) is 8.53. The standard InChI is InChI=1S/C22H33N2O2.Y/c1-15-4-8-21(9-5-15)26-14-20-10-16(2)13-24(20)22(25)12-18-6-7-19(23)11-17(18)3;/h6,11,15-16,20-21H,4-5,8-10,12-14,23H2,1-3H3;/q-1;. The summed E-state index contributed by atoms with van der Waals surface area (Å²) in [5.41, 5.74) is 8.48. The number of aryl methyl sites for hydroxylation is 1. The topological polar surface area (TPSA) is 55.6 Å². The Labute approximate surface area is 189 Å². The third-order valence-electron chi connectivity index (χ3n) is 6.06. The van der Waals surface area contributed by atoms with Gasteiger partial charge in [0.2, 0.25) is 5.91 Å². The van der Waals surface area contributed by atoms with Crippen molar-refractivity contribution in [2.75, 3.05) is 18.9 Å². The number of nitrogens with two attached hydrogens (primary N) is 1. The zero-order valence-corrected chi connectivity index (χ0v) is 19.9. The molecular weight excluding hydrogens is 413 g/mol. The first-order chi connectivity index (χ1) is 12.4. The maximum atomic E-state index is 12.9. The maximum Gasteiger partial charge on any atom is 0.215 e. The van der Waals surface area contributed by atoms with Crippen molar-refractivity contribution in [3.05, 3.63) is 29.3 Å². The molecule has 2 aliphatic rings. The summed E-state index contributed by atoms with van der Waals surface area (Å²) >= 11 is 0. The fraction of sp³-hybridized carbons (Fsp3) is 0.682. The Balaban J connectivity index is 0.00000261. The van der Waals surface area contributed by atoms with Crippen LogP contribution in [0.25, 0.3) is 0 Å². The molecule has 0 bridgehead atoms. The van der Waals surface area contributed by atoms with E-state index in [4.69, 9.17) is 10.5 Å². The van der Waals surface area contributed by atoms with E-state index in [-0.39, 0.29) is 44.7 Å². The zero-order valence-electron chi connectivity index (χ0n) is 17.0. The van der Waals surface area contributed by atoms with E-state index in [1.807, 2.05) is 24.0 Å². The summed E-state index contributed by atoms with van der Waals surface area (Å²) in [5.74, 6) is 1.57. The molecular formula is C22H33N2O2Y-. The van der Waals surface area contributed by atoms with Gasteiger partial charge in [0.15, 0.2) is 0 Å². The number of anilines is 1. The van der Waals surface area contributed by atoms with Crippen molar-refractivity contribution in [3.63, 3.8) is 0 Å². The van der Waals surface area contributed by atoms with Gasteiger partial charge in [-0.25, -0.2) is 0 Å². The Morgan fingerprint density at radius 2 is 1.96 bits per heavy atom. The first-order valence-electron chi connectivity index (χ1n) is 10.1. The normalized spacial score (nSPS) is 28.0. The molecule has 0 aromatic heterocycles. The second-order valence-electron chi connectivity index (χ2n) is 8.53. The van der Waals surface area contributed by atoms with E-state index in [2.05, 4.69) is 19.9 Å². The molecule has 1 saturated heterocycles. The molecule has 1 amide bonds. The third kappa shape index (κ3) is 6.27. The largest absolute Gasteiger partial charge is 0.420 e. The minimum absolute atomic E-state index is 0. The Bertz CT molecular complexity index is 629. The summed E-state index contributed by atoms with van der Waals surface area (Å²) in [6, 6.07) is 6.97. The van der Waals surface area contributed by atoms with Crippen molar-refractivity contribution in [2.24, 2.45) is 11.8 Å². The van der Waals surface area contributed by atoms with Crippen LogP contribution in [0.5, 0.6) is 0 Å². The molecule has 1 aliphatic heterocycles. The first kappa shape index (κ1) is 22.8. The number of carbonyl (C=O) groups is 1. The number of benzene rings is 1. The van der Waals surface area contributed by atoms with Crippen molar-refractivity contribution < 1.29 is 42.2 Å². The van der Waals surface area contributed by atoms with Crippen LogP contribution in [0, 0.1) is 24.8 Å². The number of hydrogen-bond donors (Lipinski definition) is 1. The summed E-state index contributed by atoms with van der Waals surface area (Å²) in [4.78, 5) is 15.0. The molecule has 2 unspecified atom stereocenters. The molecule has 27 heavy (non-hydrogen) atoms. The van der Waals surface area contributed by atoms with Crippen molar-refractivity contribution >= 4 is 11.6 Å². The van der Waals surface area contributed by atoms with Crippen LogP contribution in [0.15, 0.2) is 12.1 Å². The van der Waals surface area contributed by atoms with Crippen molar-refractivity contribution in [2.45, 2.75) is 71.4 Å². The molecule has 1 aromatic carbocycles. The van der Waals surface area contributed by atoms with Crippen LogP contribution < -0.4 is 5.73 Å². The first-order valence-corrected chi connectivity index (χ1v) is 10.1. The molecule has 2 atom stereocenters. The molecule has 2 N–H and O–H groups in total. The smallest absolute Gasteiger partial charge is 0.215 e. The van der Waals surface area contributed by atoms with Crippen molar-refractivity contribution in [3.8, 4) is 0 Å². The molecule has 1 aliphatic carbocycles. The van der Waals surface area contributed by atoms with Crippen LogP contribution in [0.2, 0.25) is 0 Å². The average molecular weight is 446 g/mol. The van der Waals surface area contributed by atoms with Crippen LogP contribution in [0.4, 0.5) is 5.69 Å². The number of nitrogen functional groups attached to an aromatic ring is 1. The van der Waals surface area contributed by atoms with Gasteiger partial charge >= 0.3 is 0 Å². The number of rotatable bonds is 5. The third-order valence-corrected chi connectivity index (χ3v) is 6.06. The van der Waals surface area contributed by atoms with Gasteiger partial charge in [0.1, 0.15) is 0 Å². The molecule has 147 valence electrons. The van der Waals surface area contributed by atoms with Gasteiger partial charge in [0.05, 0.1) is 18.8 Å². The minimum Gasteiger partial charge on any atom is -0.420 e. The number of hydrogen-bond acceptors (Lipinski definition) is 3. The Kier molecular flexibility index (Phi) is 8.77. The molecule has 4 nitrogen and oxygen atoms in total. The van der Waals surface area contributed by atoms with Crippen molar-refractivity contribution in [1.82, 2.24) is 4.90 Å². The van der Waals surface area contributed by atoms with Crippen molar-refractivity contribution in [1.29, 1.82) is 0 Å². The van der Waals surface area contributed by atoms with Gasteiger partial charge in [0.25, 0.3) is 0 Å². The van der Waals surface area contributed by atoms with E-state index in [0.717, 1.165) is 42.9 Å². The molecule has 5 heteroatoms. The van der Waals surface area contributed by atoms with E-state index in [0.29, 0.717) is 30.7 Å². The van der Waals surface area contributed by atoms with Gasteiger partial charge in [-0.15, -0.1) is 11.6 Å². The fourth-order valence-electron chi connectivity index (χ4n) is 4.36. The summed E-state index contributed by atoms with van der Waals surface area (Å²) in [5, 5.41) is 0. The SMILES string of the molecule is Cc1cc(N)[c-]cc1CC(=O)N1CC(C)CC1COC1CCC(C)CC1.[Y]. The molecule has 1 aromatic rings. The summed E-state index contributed by atoms with van der Waals surface area (Å²) in [6.45, 7) is 8.08. The Morgan fingerprint density at radius 3 is 2.63 bits per heavy atom. The quantitative estimate of drug-likeness (QED) is 0.554. The fourth-order valence-corrected chi connectivity index (χ4v) is 4.36. The number of amides is 1. The molecule has 1 heterocycles. The van der Waals surface area contributed by atoms with E-state index < -0.39 is 0 Å². The molecule has 3 rings (SSSR count). The molecule has 2 fully saturated rings. The van der Waals surface area contributed by atoms with Gasteiger partial charge in [-0.05, 0) is 43.9 Å². The number of nitrogens with zero attached hydrogens (tertiary/aromatic N) is 1. The summed E-state index contributed by atoms with van der Waals surface area (Å²) < 4.78 is 6.22. The maximum absolute atomic E-state index is 12.9. The molecule has 0 spiro atoms. The van der Waals surface area contributed by atoms with E-state index in [1.165, 1.54) is 12.8 Å². The monoisotopic (exact) mass is 446 g/mol. The Hall–Kier alpha value is -0.446. The van der Waals surface area contributed by atoms with Crippen LogP contribution >= 0.6 is 0 Å². The van der Waals surface area contributed by atoms with Crippen LogP contribution in [-0.4, -0.2) is 36.1 Å². The van der Waals surface area contributed by atoms with Gasteiger partial charge in [-0.3, -0.25) is 4.79 Å². The van der Waals surface area contributed by atoms with E-state index in [9.17, 15) is 4.79 Å². The minimum atomic E-state index is 0. The van der Waals surface area contributed by atoms with Crippen LogP contribution in [0.1, 0.15) is 57.1 Å². The van der Waals surface area contributed by atoms with Gasteiger partial charge in [-0.1, -0.05) is 26.5 Å². The number of ether oxygens (including phenoxy) is 1. The van der Waals surface area contributed by atoms with E-state index in [1.54, 1.807) is 0 Å². The number of carbonyl (C=O) groups excluding carboxylic acids is 1. The second kappa shape index (κ2) is 10.4. The predicted octanol–water partition coefficient (Wildman–Crippen LogP) is 3.75. The Morgan fingerprint density at radius 1 is 1.26 bits per heavy atom. The predicted molar refractivity (Wildman–Crippen MR) is 105 cm³/mol.